The molecule has 2 aliphatic rings. The van der Waals surface area contributed by atoms with E-state index >= 15 is 0 Å². The normalized spacial score (nSPS) is 17.1. The average molecular weight is 521 g/mol. The second kappa shape index (κ2) is 12.6. The summed E-state index contributed by atoms with van der Waals surface area (Å²) in [6.45, 7) is 5.90. The lowest BCUT2D eigenvalue weighted by Gasteiger charge is -2.30. The predicted molar refractivity (Wildman–Crippen MR) is 141 cm³/mol. The molecule has 1 saturated heterocycles. The quantitative estimate of drug-likeness (QED) is 0.370. The highest BCUT2D eigenvalue weighted by molar-refractivity contribution is 5.96. The molecule has 8 nitrogen and oxygen atoms in total. The van der Waals surface area contributed by atoms with Crippen molar-refractivity contribution in [2.75, 3.05) is 26.3 Å². The van der Waals surface area contributed by atoms with Gasteiger partial charge in [0.05, 0.1) is 25.0 Å². The van der Waals surface area contributed by atoms with Gasteiger partial charge in [0.2, 0.25) is 0 Å². The van der Waals surface area contributed by atoms with E-state index in [-0.39, 0.29) is 11.9 Å². The number of Topliss-reactive ketones (excluding diaryl/α,β-unsaturated/α-hetero) is 1. The molecule has 8 heteroatoms. The number of aliphatic hydroxyl groups is 1. The third kappa shape index (κ3) is 7.01. The lowest BCUT2D eigenvalue weighted by molar-refractivity contribution is 0.0255. The van der Waals surface area contributed by atoms with Crippen molar-refractivity contribution in [2.24, 2.45) is 0 Å². The minimum Gasteiger partial charge on any atom is -0.490 e. The van der Waals surface area contributed by atoms with Crippen molar-refractivity contribution in [3.8, 4) is 11.5 Å². The van der Waals surface area contributed by atoms with E-state index in [0.29, 0.717) is 31.6 Å². The van der Waals surface area contributed by atoms with Crippen LogP contribution in [-0.2, 0) is 24.3 Å². The monoisotopic (exact) mass is 520 g/mol. The van der Waals surface area contributed by atoms with Gasteiger partial charge in [0.1, 0.15) is 24.2 Å². The molecule has 1 atom stereocenters. The van der Waals surface area contributed by atoms with Gasteiger partial charge in [-0.3, -0.25) is 9.69 Å². The summed E-state index contributed by atoms with van der Waals surface area (Å²) in [5.74, 6) is 2.37. The Labute approximate surface area is 223 Å². The van der Waals surface area contributed by atoms with Crippen LogP contribution in [0.1, 0.15) is 58.6 Å². The van der Waals surface area contributed by atoms with Crippen LogP contribution in [0.15, 0.2) is 53.3 Å². The van der Waals surface area contributed by atoms with Crippen LogP contribution in [-0.4, -0.2) is 59.3 Å². The molecule has 0 amide bonds. The van der Waals surface area contributed by atoms with Crippen LogP contribution in [0.25, 0.3) is 0 Å². The number of carbonyl (C=O) groups is 1. The van der Waals surface area contributed by atoms with Crippen molar-refractivity contribution < 1.29 is 28.5 Å². The van der Waals surface area contributed by atoms with Crippen molar-refractivity contribution in [1.29, 1.82) is 0 Å². The summed E-state index contributed by atoms with van der Waals surface area (Å²) in [6.07, 6.45) is 4.48. The number of aryl methyl sites for hydroxylation is 1. The van der Waals surface area contributed by atoms with Gasteiger partial charge in [0.15, 0.2) is 17.9 Å². The fraction of sp³-hybridized carbons (Fsp3) is 0.467. The van der Waals surface area contributed by atoms with Crippen molar-refractivity contribution in [2.45, 2.75) is 64.4 Å². The lowest BCUT2D eigenvalue weighted by atomic mass is 9.98. The fourth-order valence-electron chi connectivity index (χ4n) is 4.98. The van der Waals surface area contributed by atoms with Gasteiger partial charge in [-0.25, -0.2) is 4.98 Å². The Hall–Kier alpha value is -3.20. The molecule has 1 aromatic heterocycles. The molecule has 2 aliphatic heterocycles. The van der Waals surface area contributed by atoms with Crippen LogP contribution >= 0.6 is 0 Å². The van der Waals surface area contributed by atoms with E-state index in [9.17, 15) is 9.90 Å². The summed E-state index contributed by atoms with van der Waals surface area (Å²) in [7, 11) is 0. The Morgan fingerprint density at radius 2 is 1.92 bits per heavy atom. The zero-order valence-electron chi connectivity index (χ0n) is 21.9. The van der Waals surface area contributed by atoms with Gasteiger partial charge in [-0.15, -0.1) is 0 Å². The number of hydrogen-bond donors (Lipinski definition) is 1. The Balaban J connectivity index is 1.05. The number of nitrogens with zero attached hydrogens (tertiary/aromatic N) is 2. The smallest absolute Gasteiger partial charge is 0.181 e. The largest absolute Gasteiger partial charge is 0.490 e. The van der Waals surface area contributed by atoms with Gasteiger partial charge in [0, 0.05) is 44.5 Å². The van der Waals surface area contributed by atoms with Crippen LogP contribution in [0.5, 0.6) is 11.5 Å². The minimum absolute atomic E-state index is 0.0405. The zero-order valence-corrected chi connectivity index (χ0v) is 21.9. The summed E-state index contributed by atoms with van der Waals surface area (Å²) in [5, 5.41) is 10.6. The Bertz CT molecular complexity index is 1200. The van der Waals surface area contributed by atoms with E-state index in [1.807, 2.05) is 37.3 Å². The topological polar surface area (TPSA) is 94.3 Å². The Morgan fingerprint density at radius 3 is 2.68 bits per heavy atom. The molecule has 0 aliphatic carbocycles. The first-order valence-electron chi connectivity index (χ1n) is 13.4. The van der Waals surface area contributed by atoms with Gasteiger partial charge in [-0.2, -0.15) is 0 Å². The number of aromatic nitrogens is 1. The van der Waals surface area contributed by atoms with Gasteiger partial charge in [0.25, 0.3) is 0 Å². The second-order valence-electron chi connectivity index (χ2n) is 10.1. The molecule has 0 unspecified atom stereocenters. The Morgan fingerprint density at radius 1 is 1.13 bits per heavy atom. The summed E-state index contributed by atoms with van der Waals surface area (Å²) in [5.41, 5.74) is 4.00. The molecule has 0 spiro atoms. The molecule has 5 rings (SSSR count). The molecule has 0 bridgehead atoms. The number of benzene rings is 2. The molecule has 3 heterocycles. The number of hydrogen-bond acceptors (Lipinski definition) is 8. The Kier molecular flexibility index (Phi) is 8.73. The van der Waals surface area contributed by atoms with Crippen LogP contribution in [0.2, 0.25) is 0 Å². The van der Waals surface area contributed by atoms with Crippen molar-refractivity contribution in [1.82, 2.24) is 9.88 Å². The van der Waals surface area contributed by atoms with E-state index in [2.05, 4.69) is 22.0 Å². The van der Waals surface area contributed by atoms with Gasteiger partial charge >= 0.3 is 0 Å². The maximum absolute atomic E-state index is 12.7. The highest BCUT2D eigenvalue weighted by Crippen LogP contribution is 2.25. The average Bonchev–Trinajstić information content (AvgIpc) is 3.36. The summed E-state index contributed by atoms with van der Waals surface area (Å²) in [4.78, 5) is 19.0. The number of oxazole rings is 1. The molecule has 3 aromatic rings. The van der Waals surface area contributed by atoms with Gasteiger partial charge < -0.3 is 23.7 Å². The molecule has 1 fully saturated rings. The van der Waals surface area contributed by atoms with Gasteiger partial charge in [-0.1, -0.05) is 6.07 Å². The lowest BCUT2D eigenvalue weighted by Crippen LogP contribution is -2.36. The third-order valence-electron chi connectivity index (χ3n) is 7.30. The maximum atomic E-state index is 12.7. The minimum atomic E-state index is -0.552. The first-order chi connectivity index (χ1) is 18.5. The molecule has 0 radical (unpaired) electrons. The summed E-state index contributed by atoms with van der Waals surface area (Å²) in [6, 6.07) is 13.5. The maximum Gasteiger partial charge on any atom is 0.181 e. The van der Waals surface area contributed by atoms with Crippen LogP contribution < -0.4 is 9.47 Å². The number of rotatable bonds is 11. The molecular formula is C30H36N2O6. The van der Waals surface area contributed by atoms with E-state index in [0.717, 1.165) is 68.5 Å². The molecular weight excluding hydrogens is 484 g/mol. The SMILES string of the molecule is Cc1ncoc1COc1ccc2c(c1)CCN(C[C@@H](O)CCC(=O)c1ccc(OC3CCOCC3)cc1)C2. The number of β-amino-alcohol motifs (C(OH)–C–C–N with tert-alkyl or cyclic N) is 1. The number of carbonyl (C=O) groups excluding carboxylic acids is 1. The third-order valence-corrected chi connectivity index (χ3v) is 7.30. The highest BCUT2D eigenvalue weighted by atomic mass is 16.5. The zero-order chi connectivity index (χ0) is 26.3. The van der Waals surface area contributed by atoms with Crippen molar-refractivity contribution >= 4 is 5.78 Å². The van der Waals surface area contributed by atoms with E-state index in [1.165, 1.54) is 17.5 Å². The molecule has 2 aromatic carbocycles. The standard InChI is InChI=1S/C30H36N2O6/c1-21-30(37-20-31-21)19-36-28-8-4-24-17-32(13-10-23(24)16-28)18-25(33)5-9-29(34)22-2-6-26(7-3-22)38-27-11-14-35-15-12-27/h2-4,6-8,16,20,25,27,33H,5,9-15,17-19H2,1H3/t25-/m0/s1. The molecule has 38 heavy (non-hydrogen) atoms. The van der Waals surface area contributed by atoms with E-state index < -0.39 is 6.10 Å². The number of ketones is 1. The predicted octanol–water partition coefficient (Wildman–Crippen LogP) is 4.50. The number of fused-ring (bicyclic) bond motifs is 1. The van der Waals surface area contributed by atoms with E-state index in [1.54, 1.807) is 0 Å². The number of ether oxygens (including phenoxy) is 3. The summed E-state index contributed by atoms with van der Waals surface area (Å²) >= 11 is 0. The van der Waals surface area contributed by atoms with E-state index in [4.69, 9.17) is 18.6 Å². The van der Waals surface area contributed by atoms with Crippen LogP contribution in [0.3, 0.4) is 0 Å². The fourth-order valence-corrected chi connectivity index (χ4v) is 4.98. The van der Waals surface area contributed by atoms with Crippen LogP contribution in [0.4, 0.5) is 0 Å². The first-order valence-corrected chi connectivity index (χ1v) is 13.4. The first kappa shape index (κ1) is 26.4. The van der Waals surface area contributed by atoms with Gasteiger partial charge in [-0.05, 0) is 67.3 Å². The van der Waals surface area contributed by atoms with Crippen molar-refractivity contribution in [3.05, 3.63) is 77.0 Å². The highest BCUT2D eigenvalue weighted by Gasteiger charge is 2.21. The molecule has 1 N–H and O–H groups in total. The molecule has 0 saturated carbocycles. The summed E-state index contributed by atoms with van der Waals surface area (Å²) < 4.78 is 22.6. The van der Waals surface area contributed by atoms with Crippen molar-refractivity contribution in [3.63, 3.8) is 0 Å². The second-order valence-corrected chi connectivity index (χ2v) is 10.1. The molecule has 202 valence electrons. The van der Waals surface area contributed by atoms with Crippen LogP contribution in [0, 0.1) is 6.92 Å². The number of aliphatic hydroxyl groups excluding tert-OH is 1.